The lowest BCUT2D eigenvalue weighted by Crippen LogP contribution is -2.04. The molecule has 1 aromatic carbocycles. The lowest BCUT2D eigenvalue weighted by Gasteiger charge is -1.99. The van der Waals surface area contributed by atoms with Crippen LogP contribution in [0, 0.1) is 11.6 Å². The van der Waals surface area contributed by atoms with Gasteiger partial charge in [0.2, 0.25) is 0 Å². The van der Waals surface area contributed by atoms with Gasteiger partial charge in [0.05, 0.1) is 5.52 Å². The monoisotopic (exact) mass is 197 g/mol. The van der Waals surface area contributed by atoms with Crippen molar-refractivity contribution in [1.82, 2.24) is 4.98 Å². The van der Waals surface area contributed by atoms with Gasteiger partial charge in [-0.1, -0.05) is 0 Å². The van der Waals surface area contributed by atoms with E-state index in [9.17, 15) is 13.6 Å². The first-order valence-electron chi connectivity index (χ1n) is 3.79. The quantitative estimate of drug-likeness (QED) is 0.672. The van der Waals surface area contributed by atoms with Crippen LogP contribution in [0.3, 0.4) is 0 Å². The molecule has 0 radical (unpaired) electrons. The Kier molecular flexibility index (Phi) is 1.73. The topological polar surface area (TPSA) is 53.1 Å². The van der Waals surface area contributed by atoms with Crippen LogP contribution in [0.2, 0.25) is 0 Å². The minimum absolute atomic E-state index is 0.145. The van der Waals surface area contributed by atoms with Crippen molar-refractivity contribution >= 4 is 10.9 Å². The number of hydrogen-bond acceptors (Lipinski definition) is 2. The van der Waals surface area contributed by atoms with E-state index < -0.39 is 22.9 Å². The Bertz CT molecular complexity index is 562. The number of halogens is 2. The number of aromatic amines is 1. The van der Waals surface area contributed by atoms with Crippen molar-refractivity contribution in [3.63, 3.8) is 0 Å². The Morgan fingerprint density at radius 3 is 2.50 bits per heavy atom. The van der Waals surface area contributed by atoms with Crippen LogP contribution in [-0.4, -0.2) is 10.1 Å². The second-order valence-corrected chi connectivity index (χ2v) is 2.84. The van der Waals surface area contributed by atoms with Crippen LogP contribution < -0.4 is 5.56 Å². The zero-order chi connectivity index (χ0) is 10.3. The highest BCUT2D eigenvalue weighted by atomic mass is 19.2. The summed E-state index contributed by atoms with van der Waals surface area (Å²) in [5.74, 6) is -2.59. The summed E-state index contributed by atoms with van der Waals surface area (Å²) in [6.07, 6.45) is 0. The molecule has 0 saturated heterocycles. The van der Waals surface area contributed by atoms with Gasteiger partial charge in [-0.25, -0.2) is 8.78 Å². The molecule has 3 nitrogen and oxygen atoms in total. The van der Waals surface area contributed by atoms with Gasteiger partial charge >= 0.3 is 0 Å². The molecular weight excluding hydrogens is 192 g/mol. The summed E-state index contributed by atoms with van der Waals surface area (Å²) in [6.45, 7) is 0. The van der Waals surface area contributed by atoms with E-state index in [1.54, 1.807) is 0 Å². The number of aromatic hydroxyl groups is 1. The first-order chi connectivity index (χ1) is 6.58. The van der Waals surface area contributed by atoms with Crippen LogP contribution in [0.5, 0.6) is 5.75 Å². The lowest BCUT2D eigenvalue weighted by molar-refractivity contribution is 0.467. The lowest BCUT2D eigenvalue weighted by atomic mass is 10.2. The summed E-state index contributed by atoms with van der Waals surface area (Å²) in [5.41, 5.74) is -0.588. The molecule has 72 valence electrons. The largest absolute Gasteiger partial charge is 0.503 e. The highest BCUT2D eigenvalue weighted by Crippen LogP contribution is 2.17. The van der Waals surface area contributed by atoms with Crippen LogP contribution in [0.4, 0.5) is 8.78 Å². The van der Waals surface area contributed by atoms with Crippen molar-refractivity contribution in [2.24, 2.45) is 0 Å². The molecule has 0 spiro atoms. The van der Waals surface area contributed by atoms with E-state index in [1.165, 1.54) is 0 Å². The van der Waals surface area contributed by atoms with Crippen LogP contribution in [0.1, 0.15) is 0 Å². The molecule has 0 aliphatic heterocycles. The molecule has 2 N–H and O–H groups in total. The third-order valence-electron chi connectivity index (χ3n) is 1.87. The normalized spacial score (nSPS) is 10.7. The van der Waals surface area contributed by atoms with Gasteiger partial charge in [0, 0.05) is 11.5 Å². The number of H-pyrrole nitrogens is 1. The van der Waals surface area contributed by atoms with Crippen molar-refractivity contribution in [1.29, 1.82) is 0 Å². The molecule has 0 aliphatic rings. The van der Waals surface area contributed by atoms with E-state index >= 15 is 0 Å². The van der Waals surface area contributed by atoms with Crippen molar-refractivity contribution in [3.8, 4) is 5.75 Å². The number of aromatic nitrogens is 1. The third kappa shape index (κ3) is 1.22. The first kappa shape index (κ1) is 8.68. The molecule has 0 amide bonds. The van der Waals surface area contributed by atoms with Gasteiger partial charge in [0.1, 0.15) is 0 Å². The van der Waals surface area contributed by atoms with Crippen LogP contribution >= 0.6 is 0 Å². The van der Waals surface area contributed by atoms with Crippen LogP contribution in [0.15, 0.2) is 23.0 Å². The zero-order valence-electron chi connectivity index (χ0n) is 6.84. The summed E-state index contributed by atoms with van der Waals surface area (Å²) in [4.78, 5) is 13.1. The third-order valence-corrected chi connectivity index (χ3v) is 1.87. The van der Waals surface area contributed by atoms with Crippen molar-refractivity contribution < 1.29 is 13.9 Å². The molecule has 0 bridgehead atoms. The Balaban J connectivity index is 2.90. The highest BCUT2D eigenvalue weighted by molar-refractivity contribution is 5.79. The van der Waals surface area contributed by atoms with Gasteiger partial charge < -0.3 is 10.1 Å². The number of pyridine rings is 1. The van der Waals surface area contributed by atoms with E-state index in [0.29, 0.717) is 0 Å². The average Bonchev–Trinajstić information content (AvgIpc) is 2.11. The van der Waals surface area contributed by atoms with Crippen LogP contribution in [-0.2, 0) is 0 Å². The number of rotatable bonds is 0. The molecule has 5 heteroatoms. The fraction of sp³-hybridized carbons (Fsp3) is 0. The first-order valence-corrected chi connectivity index (χ1v) is 3.79. The molecule has 0 fully saturated rings. The summed E-state index contributed by atoms with van der Waals surface area (Å²) >= 11 is 0. The number of nitrogens with one attached hydrogen (secondary N) is 1. The van der Waals surface area contributed by atoms with Gasteiger partial charge in [0.25, 0.3) is 5.56 Å². The van der Waals surface area contributed by atoms with Gasteiger partial charge in [-0.2, -0.15) is 0 Å². The second kappa shape index (κ2) is 2.80. The smallest absolute Gasteiger partial charge is 0.290 e. The molecule has 0 atom stereocenters. The number of benzene rings is 1. The van der Waals surface area contributed by atoms with E-state index in [1.807, 2.05) is 0 Å². The van der Waals surface area contributed by atoms with E-state index in [0.717, 1.165) is 18.2 Å². The maximum absolute atomic E-state index is 12.7. The summed E-state index contributed by atoms with van der Waals surface area (Å²) in [6, 6.07) is 2.85. The van der Waals surface area contributed by atoms with Crippen molar-refractivity contribution in [2.75, 3.05) is 0 Å². The Labute approximate surface area is 76.6 Å². The molecule has 2 rings (SSSR count). The van der Waals surface area contributed by atoms with Gasteiger partial charge in [-0.15, -0.1) is 0 Å². The highest BCUT2D eigenvalue weighted by Gasteiger charge is 2.06. The average molecular weight is 197 g/mol. The Hall–Kier alpha value is -1.91. The fourth-order valence-corrected chi connectivity index (χ4v) is 1.19. The standard InChI is InChI=1S/C9H5F2NO2/c10-5-1-4-2-8(13)9(14)12-7(4)3-6(5)11/h1-3,13H,(H,12,14). The second-order valence-electron chi connectivity index (χ2n) is 2.84. The van der Waals surface area contributed by atoms with E-state index in [-0.39, 0.29) is 10.9 Å². The van der Waals surface area contributed by atoms with Crippen molar-refractivity contribution in [2.45, 2.75) is 0 Å². The molecule has 0 unspecified atom stereocenters. The summed E-state index contributed by atoms with van der Waals surface area (Å²) in [5, 5.41) is 9.25. The predicted octanol–water partition coefficient (Wildman–Crippen LogP) is 1.51. The number of hydrogen-bond donors (Lipinski definition) is 2. The minimum Gasteiger partial charge on any atom is -0.503 e. The van der Waals surface area contributed by atoms with Crippen molar-refractivity contribution in [3.05, 3.63) is 40.2 Å². The molecule has 0 saturated carbocycles. The zero-order valence-corrected chi connectivity index (χ0v) is 6.84. The maximum Gasteiger partial charge on any atom is 0.290 e. The maximum atomic E-state index is 12.7. The molecule has 0 aliphatic carbocycles. The molecule has 14 heavy (non-hydrogen) atoms. The predicted molar refractivity (Wildman–Crippen MR) is 46.1 cm³/mol. The Morgan fingerprint density at radius 1 is 1.14 bits per heavy atom. The van der Waals surface area contributed by atoms with E-state index in [2.05, 4.69) is 4.98 Å². The molecule has 1 aromatic heterocycles. The van der Waals surface area contributed by atoms with Gasteiger partial charge in [0.15, 0.2) is 17.4 Å². The van der Waals surface area contributed by atoms with Gasteiger partial charge in [-0.05, 0) is 12.1 Å². The summed E-state index contributed by atoms with van der Waals surface area (Å²) in [7, 11) is 0. The Morgan fingerprint density at radius 2 is 1.79 bits per heavy atom. The SMILES string of the molecule is O=c1[nH]c2cc(F)c(F)cc2cc1O. The molecule has 2 aromatic rings. The van der Waals surface area contributed by atoms with Gasteiger partial charge in [-0.3, -0.25) is 4.79 Å². The minimum atomic E-state index is -1.04. The molecular formula is C9H5F2NO2. The summed E-state index contributed by atoms with van der Waals surface area (Å²) < 4.78 is 25.5. The molecule has 1 heterocycles. The van der Waals surface area contributed by atoms with Crippen LogP contribution in [0.25, 0.3) is 10.9 Å². The fourth-order valence-electron chi connectivity index (χ4n) is 1.19. The number of fused-ring (bicyclic) bond motifs is 1. The van der Waals surface area contributed by atoms with E-state index in [4.69, 9.17) is 5.11 Å².